The Morgan fingerprint density at radius 3 is 2.53 bits per heavy atom. The molecule has 0 radical (unpaired) electrons. The molecule has 0 aliphatic rings. The summed E-state index contributed by atoms with van der Waals surface area (Å²) >= 11 is 0. The highest BCUT2D eigenvalue weighted by molar-refractivity contribution is 6.23. The first kappa shape index (κ1) is 13.0. The van der Waals surface area contributed by atoms with Gasteiger partial charge in [-0.1, -0.05) is 0 Å². The maximum atomic E-state index is 13.4. The Morgan fingerprint density at radius 2 is 2.00 bits per heavy atom. The minimum atomic E-state index is -0.943. The highest BCUT2D eigenvalue weighted by Gasteiger charge is 2.15. The summed E-state index contributed by atoms with van der Waals surface area (Å²) in [7, 11) is 0. The minimum absolute atomic E-state index is 0.0227. The molecule has 90 valence electrons. The third-order valence-electron chi connectivity index (χ3n) is 2.09. The molecule has 0 aliphatic heterocycles. The van der Waals surface area contributed by atoms with Gasteiger partial charge in [0.2, 0.25) is 6.29 Å². The van der Waals surface area contributed by atoms with Crippen LogP contribution < -0.4 is 5.32 Å². The predicted octanol–water partition coefficient (Wildman–Crippen LogP) is 0.983. The second-order valence-electron chi connectivity index (χ2n) is 3.31. The van der Waals surface area contributed by atoms with Gasteiger partial charge in [0.1, 0.15) is 11.6 Å². The Labute approximate surface area is 95.6 Å². The third kappa shape index (κ3) is 3.17. The highest BCUT2D eigenvalue weighted by atomic mass is 19.1. The summed E-state index contributed by atoms with van der Waals surface area (Å²) in [5.41, 5.74) is -0.303. The molecular formula is C11H9F2NO3. The maximum absolute atomic E-state index is 13.4. The van der Waals surface area contributed by atoms with Crippen LogP contribution in [-0.4, -0.2) is 18.0 Å². The first-order valence-electron chi connectivity index (χ1n) is 4.67. The molecule has 0 fully saturated rings. The van der Waals surface area contributed by atoms with E-state index in [1.54, 1.807) is 0 Å². The molecule has 4 nitrogen and oxygen atoms in total. The van der Waals surface area contributed by atoms with E-state index in [1.165, 1.54) is 0 Å². The Kier molecular flexibility index (Phi) is 4.03. The van der Waals surface area contributed by atoms with Crippen LogP contribution in [0, 0.1) is 11.6 Å². The van der Waals surface area contributed by atoms with Gasteiger partial charge in [-0.3, -0.25) is 14.4 Å². The molecule has 0 heterocycles. The Hall–Kier alpha value is -2.11. The van der Waals surface area contributed by atoms with Crippen molar-refractivity contribution in [1.82, 2.24) is 5.32 Å². The summed E-state index contributed by atoms with van der Waals surface area (Å²) < 4.78 is 26.3. The van der Waals surface area contributed by atoms with Crippen molar-refractivity contribution in [2.24, 2.45) is 0 Å². The van der Waals surface area contributed by atoms with E-state index >= 15 is 0 Å². The van der Waals surface area contributed by atoms with Crippen LogP contribution in [0.4, 0.5) is 8.78 Å². The second kappa shape index (κ2) is 5.29. The van der Waals surface area contributed by atoms with E-state index in [-0.39, 0.29) is 24.0 Å². The molecule has 0 atom stereocenters. The molecule has 1 N–H and O–H groups in total. The lowest BCUT2D eigenvalue weighted by atomic mass is 10.0. The van der Waals surface area contributed by atoms with Crippen LogP contribution in [0.3, 0.4) is 0 Å². The molecule has 0 spiro atoms. The van der Waals surface area contributed by atoms with Gasteiger partial charge in [-0.25, -0.2) is 8.78 Å². The van der Waals surface area contributed by atoms with E-state index in [9.17, 15) is 23.2 Å². The van der Waals surface area contributed by atoms with Gasteiger partial charge in [-0.2, -0.15) is 0 Å². The predicted molar refractivity (Wildman–Crippen MR) is 54.3 cm³/mol. The number of ketones is 1. The van der Waals surface area contributed by atoms with Crippen LogP contribution in [0.2, 0.25) is 0 Å². The zero-order chi connectivity index (χ0) is 13.0. The van der Waals surface area contributed by atoms with Gasteiger partial charge < -0.3 is 5.32 Å². The smallest absolute Gasteiger partial charge is 0.284 e. The summed E-state index contributed by atoms with van der Waals surface area (Å²) in [5.74, 6) is -3.29. The molecule has 0 unspecified atom stereocenters. The lowest BCUT2D eigenvalue weighted by Gasteiger charge is -2.08. The van der Waals surface area contributed by atoms with Gasteiger partial charge >= 0.3 is 0 Å². The van der Waals surface area contributed by atoms with Gasteiger partial charge in [-0.05, 0) is 13.0 Å². The summed E-state index contributed by atoms with van der Waals surface area (Å²) in [6, 6.07) is 1.49. The number of hydrogen-bond donors (Lipinski definition) is 1. The average Bonchev–Trinajstić information content (AvgIpc) is 2.26. The highest BCUT2D eigenvalue weighted by Crippen LogP contribution is 2.16. The van der Waals surface area contributed by atoms with Crippen molar-refractivity contribution < 1.29 is 23.2 Å². The molecule has 0 aromatic heterocycles. The van der Waals surface area contributed by atoms with E-state index in [4.69, 9.17) is 0 Å². The fraction of sp³-hybridized carbons (Fsp3) is 0.182. The molecule has 1 rings (SSSR count). The summed E-state index contributed by atoms with van der Waals surface area (Å²) in [4.78, 5) is 31.9. The topological polar surface area (TPSA) is 63.2 Å². The van der Waals surface area contributed by atoms with Crippen molar-refractivity contribution in [2.75, 3.05) is 0 Å². The first-order valence-corrected chi connectivity index (χ1v) is 4.67. The standard InChI is InChI=1S/C11H9F2NO3/c1-6(16)8-2-7(12)3-10(13)9(8)4-14-11(17)5-15/h2-3,5H,4H2,1H3,(H,14,17). The summed E-state index contributed by atoms with van der Waals surface area (Å²) in [5, 5.41) is 2.08. The zero-order valence-electron chi connectivity index (χ0n) is 8.92. The van der Waals surface area contributed by atoms with Crippen LogP contribution >= 0.6 is 0 Å². The SMILES string of the molecule is CC(=O)c1cc(F)cc(F)c1CNC(=O)C=O. The molecule has 0 saturated carbocycles. The number of rotatable bonds is 4. The quantitative estimate of drug-likeness (QED) is 0.485. The van der Waals surface area contributed by atoms with Crippen molar-refractivity contribution in [1.29, 1.82) is 0 Å². The Balaban J connectivity index is 3.08. The molecule has 1 amide bonds. The Bertz CT molecular complexity index is 486. The molecular weight excluding hydrogens is 232 g/mol. The van der Waals surface area contributed by atoms with Crippen molar-refractivity contribution in [3.63, 3.8) is 0 Å². The number of carbonyl (C=O) groups excluding carboxylic acids is 3. The number of amides is 1. The fourth-order valence-corrected chi connectivity index (χ4v) is 1.31. The molecule has 1 aromatic rings. The molecule has 0 saturated heterocycles. The maximum Gasteiger partial charge on any atom is 0.284 e. The van der Waals surface area contributed by atoms with Crippen molar-refractivity contribution in [2.45, 2.75) is 13.5 Å². The molecule has 17 heavy (non-hydrogen) atoms. The van der Waals surface area contributed by atoms with E-state index in [2.05, 4.69) is 5.32 Å². The van der Waals surface area contributed by atoms with Gasteiger partial charge in [-0.15, -0.1) is 0 Å². The van der Waals surface area contributed by atoms with Gasteiger partial charge in [0.15, 0.2) is 5.78 Å². The van der Waals surface area contributed by atoms with Gasteiger partial charge in [0.25, 0.3) is 5.91 Å². The minimum Gasteiger partial charge on any atom is -0.346 e. The number of halogens is 2. The normalized spacial score (nSPS) is 9.82. The number of hydrogen-bond acceptors (Lipinski definition) is 3. The third-order valence-corrected chi connectivity index (χ3v) is 2.09. The fourth-order valence-electron chi connectivity index (χ4n) is 1.31. The number of carbonyl (C=O) groups is 3. The van der Waals surface area contributed by atoms with E-state index in [1.807, 2.05) is 0 Å². The van der Waals surface area contributed by atoms with E-state index < -0.39 is 23.3 Å². The van der Waals surface area contributed by atoms with Crippen molar-refractivity contribution in [3.05, 3.63) is 34.9 Å². The second-order valence-corrected chi connectivity index (χ2v) is 3.31. The van der Waals surface area contributed by atoms with Crippen LogP contribution in [0.15, 0.2) is 12.1 Å². The number of nitrogens with one attached hydrogen (secondary N) is 1. The van der Waals surface area contributed by atoms with Crippen LogP contribution in [0.1, 0.15) is 22.8 Å². The monoisotopic (exact) mass is 241 g/mol. The molecule has 1 aromatic carbocycles. The summed E-state index contributed by atoms with van der Waals surface area (Å²) in [6.45, 7) is 0.803. The first-order chi connectivity index (χ1) is 7.95. The average molecular weight is 241 g/mol. The van der Waals surface area contributed by atoms with Crippen LogP contribution in [-0.2, 0) is 16.1 Å². The number of benzene rings is 1. The lowest BCUT2D eigenvalue weighted by molar-refractivity contribution is -0.131. The Morgan fingerprint density at radius 1 is 1.35 bits per heavy atom. The number of aldehydes is 1. The summed E-state index contributed by atoms with van der Waals surface area (Å²) in [6.07, 6.45) is 0.0227. The molecule has 0 aliphatic carbocycles. The largest absolute Gasteiger partial charge is 0.346 e. The van der Waals surface area contributed by atoms with Crippen molar-refractivity contribution in [3.8, 4) is 0 Å². The molecule has 0 bridgehead atoms. The van der Waals surface area contributed by atoms with Crippen LogP contribution in [0.25, 0.3) is 0 Å². The van der Waals surface area contributed by atoms with Crippen LogP contribution in [0.5, 0.6) is 0 Å². The van der Waals surface area contributed by atoms with Gasteiger partial charge in [0, 0.05) is 23.7 Å². The zero-order valence-corrected chi connectivity index (χ0v) is 8.92. The van der Waals surface area contributed by atoms with E-state index in [0.717, 1.165) is 13.0 Å². The van der Waals surface area contributed by atoms with Crippen molar-refractivity contribution >= 4 is 18.0 Å². The number of Topliss-reactive ketones (excluding diaryl/α,β-unsaturated/α-hetero) is 1. The van der Waals surface area contributed by atoms with E-state index in [0.29, 0.717) is 6.07 Å². The molecule has 6 heteroatoms. The van der Waals surface area contributed by atoms with Gasteiger partial charge in [0.05, 0.1) is 0 Å². The lowest BCUT2D eigenvalue weighted by Crippen LogP contribution is -2.25.